The molecule has 2 rings (SSSR count). The first-order valence-electron chi connectivity index (χ1n) is 6.22. The fraction of sp³-hybridized carbons (Fsp3) is 0.615. The molecule has 5 heteroatoms. The molecule has 1 saturated heterocycles. The molecule has 18 heavy (non-hydrogen) atoms. The molecular weight excluding hydrogens is 234 g/mol. The predicted molar refractivity (Wildman–Crippen MR) is 65.5 cm³/mol. The Balaban J connectivity index is 1.88. The highest BCUT2D eigenvalue weighted by Crippen LogP contribution is 2.17. The Labute approximate surface area is 106 Å². The Kier molecular flexibility index (Phi) is 4.38. The van der Waals surface area contributed by atoms with Crippen LogP contribution in [0.1, 0.15) is 29.0 Å². The van der Waals surface area contributed by atoms with Gasteiger partial charge >= 0.3 is 5.97 Å². The zero-order valence-electron chi connectivity index (χ0n) is 10.6. The van der Waals surface area contributed by atoms with Crippen molar-refractivity contribution in [1.29, 1.82) is 0 Å². The minimum absolute atomic E-state index is 0.0433. The summed E-state index contributed by atoms with van der Waals surface area (Å²) >= 11 is 0. The number of hydrogen-bond donors (Lipinski definition) is 1. The quantitative estimate of drug-likeness (QED) is 0.867. The topological polar surface area (TPSA) is 62.9 Å². The molecule has 1 aliphatic heterocycles. The van der Waals surface area contributed by atoms with Crippen LogP contribution in [0.25, 0.3) is 0 Å². The summed E-state index contributed by atoms with van der Waals surface area (Å²) in [5.74, 6) is -0.421. The lowest BCUT2D eigenvalue weighted by Gasteiger charge is -2.26. The lowest BCUT2D eigenvalue weighted by molar-refractivity contribution is 0.0409. The summed E-state index contributed by atoms with van der Waals surface area (Å²) in [4.78, 5) is 13.0. The summed E-state index contributed by atoms with van der Waals surface area (Å²) in [6.45, 7) is 3.19. The number of carboxylic acids is 1. The van der Waals surface area contributed by atoms with Crippen LogP contribution in [0.5, 0.6) is 0 Å². The van der Waals surface area contributed by atoms with Gasteiger partial charge in [0.1, 0.15) is 0 Å². The van der Waals surface area contributed by atoms with Crippen molar-refractivity contribution in [1.82, 2.24) is 4.90 Å². The molecule has 1 unspecified atom stereocenters. The molecule has 1 aliphatic rings. The average molecular weight is 253 g/mol. The summed E-state index contributed by atoms with van der Waals surface area (Å²) in [6, 6.07) is 1.72. The number of hydrogen-bond acceptors (Lipinski definition) is 4. The van der Waals surface area contributed by atoms with Gasteiger partial charge in [-0.1, -0.05) is 0 Å². The van der Waals surface area contributed by atoms with Crippen molar-refractivity contribution in [3.8, 4) is 0 Å². The van der Waals surface area contributed by atoms with Crippen molar-refractivity contribution in [3.63, 3.8) is 0 Å². The van der Waals surface area contributed by atoms with Crippen molar-refractivity contribution in [3.05, 3.63) is 23.7 Å². The zero-order valence-corrected chi connectivity index (χ0v) is 10.6. The van der Waals surface area contributed by atoms with Gasteiger partial charge in [-0.25, -0.2) is 4.79 Å². The molecule has 1 N–H and O–H groups in total. The minimum atomic E-state index is -1.01. The molecule has 1 fully saturated rings. The van der Waals surface area contributed by atoms with Crippen molar-refractivity contribution >= 4 is 5.97 Å². The SMILES string of the molecule is CN(Cc1ccoc1C(=O)O)CC1CCCOC1. The molecule has 1 atom stereocenters. The summed E-state index contributed by atoms with van der Waals surface area (Å²) in [7, 11) is 1.99. The largest absolute Gasteiger partial charge is 0.475 e. The van der Waals surface area contributed by atoms with Gasteiger partial charge in [0.05, 0.1) is 12.9 Å². The monoisotopic (exact) mass is 253 g/mol. The molecule has 0 aromatic carbocycles. The fourth-order valence-electron chi connectivity index (χ4n) is 2.40. The van der Waals surface area contributed by atoms with Crippen LogP contribution in [0.4, 0.5) is 0 Å². The standard InChI is InChI=1S/C13H19NO4/c1-14(7-10-3-2-5-17-9-10)8-11-4-6-18-12(11)13(15)16/h4,6,10H,2-3,5,7-9H2,1H3,(H,15,16). The summed E-state index contributed by atoms with van der Waals surface area (Å²) in [5.41, 5.74) is 0.724. The molecule has 0 radical (unpaired) electrons. The molecule has 0 bridgehead atoms. The first-order valence-corrected chi connectivity index (χ1v) is 6.22. The van der Waals surface area contributed by atoms with Crippen LogP contribution in [0.3, 0.4) is 0 Å². The van der Waals surface area contributed by atoms with E-state index in [1.54, 1.807) is 6.07 Å². The maximum atomic E-state index is 10.9. The first-order chi connectivity index (χ1) is 8.66. The second-order valence-electron chi connectivity index (χ2n) is 4.86. The molecule has 0 saturated carbocycles. The fourth-order valence-corrected chi connectivity index (χ4v) is 2.40. The van der Waals surface area contributed by atoms with Crippen LogP contribution in [0, 0.1) is 5.92 Å². The average Bonchev–Trinajstić information content (AvgIpc) is 2.78. The van der Waals surface area contributed by atoms with E-state index in [2.05, 4.69) is 4.90 Å². The second-order valence-corrected chi connectivity index (χ2v) is 4.86. The molecule has 100 valence electrons. The summed E-state index contributed by atoms with van der Waals surface area (Å²) in [6.07, 6.45) is 3.72. The van der Waals surface area contributed by atoms with Gasteiger partial charge in [-0.05, 0) is 31.9 Å². The second kappa shape index (κ2) is 6.02. The van der Waals surface area contributed by atoms with E-state index in [1.165, 1.54) is 12.7 Å². The van der Waals surface area contributed by atoms with Crippen molar-refractivity contribution in [2.75, 3.05) is 26.8 Å². The van der Waals surface area contributed by atoms with Crippen molar-refractivity contribution < 1.29 is 19.1 Å². The zero-order chi connectivity index (χ0) is 13.0. The van der Waals surface area contributed by atoms with Gasteiger partial charge in [0, 0.05) is 25.3 Å². The third-order valence-corrected chi connectivity index (χ3v) is 3.21. The van der Waals surface area contributed by atoms with Gasteiger partial charge in [0.25, 0.3) is 0 Å². The van der Waals surface area contributed by atoms with E-state index in [-0.39, 0.29) is 5.76 Å². The van der Waals surface area contributed by atoms with Crippen LogP contribution in [-0.2, 0) is 11.3 Å². The van der Waals surface area contributed by atoms with Crippen molar-refractivity contribution in [2.24, 2.45) is 5.92 Å². The first kappa shape index (κ1) is 13.1. The van der Waals surface area contributed by atoms with Gasteiger partial charge in [0.2, 0.25) is 5.76 Å². The Morgan fingerprint density at radius 2 is 2.44 bits per heavy atom. The van der Waals surface area contributed by atoms with Gasteiger partial charge in [-0.3, -0.25) is 0 Å². The van der Waals surface area contributed by atoms with Crippen LogP contribution in [0.2, 0.25) is 0 Å². The Morgan fingerprint density at radius 1 is 1.61 bits per heavy atom. The van der Waals surface area contributed by atoms with E-state index >= 15 is 0 Å². The van der Waals surface area contributed by atoms with E-state index in [0.29, 0.717) is 12.5 Å². The summed E-state index contributed by atoms with van der Waals surface area (Å²) < 4.78 is 10.4. The van der Waals surface area contributed by atoms with Gasteiger partial charge in [-0.2, -0.15) is 0 Å². The number of nitrogens with zero attached hydrogens (tertiary/aromatic N) is 1. The van der Waals surface area contributed by atoms with E-state index in [4.69, 9.17) is 14.3 Å². The number of carbonyl (C=O) groups is 1. The Morgan fingerprint density at radius 3 is 3.11 bits per heavy atom. The van der Waals surface area contributed by atoms with E-state index < -0.39 is 5.97 Å². The van der Waals surface area contributed by atoms with Gasteiger partial charge in [-0.15, -0.1) is 0 Å². The molecule has 1 aromatic heterocycles. The van der Waals surface area contributed by atoms with Crippen LogP contribution >= 0.6 is 0 Å². The molecule has 0 aliphatic carbocycles. The third kappa shape index (κ3) is 3.34. The molecule has 5 nitrogen and oxygen atoms in total. The molecular formula is C13H19NO4. The number of aromatic carboxylic acids is 1. The lowest BCUT2D eigenvalue weighted by atomic mass is 10.0. The highest BCUT2D eigenvalue weighted by Gasteiger charge is 2.19. The summed E-state index contributed by atoms with van der Waals surface area (Å²) in [5, 5.41) is 8.96. The molecule has 1 aromatic rings. The number of carboxylic acid groups (broad SMARTS) is 1. The van der Waals surface area contributed by atoms with Gasteiger partial charge < -0.3 is 19.2 Å². The molecule has 0 amide bonds. The molecule has 2 heterocycles. The maximum absolute atomic E-state index is 10.9. The molecule has 0 spiro atoms. The van der Waals surface area contributed by atoms with Crippen molar-refractivity contribution in [2.45, 2.75) is 19.4 Å². The number of ether oxygens (including phenoxy) is 1. The maximum Gasteiger partial charge on any atom is 0.372 e. The van der Waals surface area contributed by atoms with Crippen LogP contribution in [0.15, 0.2) is 16.7 Å². The van der Waals surface area contributed by atoms with E-state index in [1.807, 2.05) is 7.05 Å². The highest BCUT2D eigenvalue weighted by atomic mass is 16.5. The minimum Gasteiger partial charge on any atom is -0.475 e. The van der Waals surface area contributed by atoms with Crippen LogP contribution in [-0.4, -0.2) is 42.8 Å². The number of furan rings is 1. The smallest absolute Gasteiger partial charge is 0.372 e. The van der Waals surface area contributed by atoms with Gasteiger partial charge in [0.15, 0.2) is 0 Å². The highest BCUT2D eigenvalue weighted by molar-refractivity contribution is 5.86. The van der Waals surface area contributed by atoms with E-state index in [9.17, 15) is 4.79 Å². The predicted octanol–water partition coefficient (Wildman–Crippen LogP) is 1.84. The lowest BCUT2D eigenvalue weighted by Crippen LogP contribution is -2.30. The normalized spacial score (nSPS) is 20.2. The van der Waals surface area contributed by atoms with E-state index in [0.717, 1.165) is 31.7 Å². The van der Waals surface area contributed by atoms with Crippen LogP contribution < -0.4 is 0 Å². The Bertz CT molecular complexity index is 395. The Hall–Kier alpha value is -1.33. The third-order valence-electron chi connectivity index (χ3n) is 3.21. The number of rotatable bonds is 5.